The minimum Gasteiger partial charge on any atom is -0.507 e. The Bertz CT molecular complexity index is 720. The van der Waals surface area contributed by atoms with E-state index in [0.717, 1.165) is 41.5 Å². The third-order valence-corrected chi connectivity index (χ3v) is 4.02. The summed E-state index contributed by atoms with van der Waals surface area (Å²) in [6, 6.07) is 7.75. The van der Waals surface area contributed by atoms with Gasteiger partial charge in [0.25, 0.3) is 0 Å². The molecule has 0 radical (unpaired) electrons. The lowest BCUT2D eigenvalue weighted by molar-refractivity contribution is 0.0522. The first-order valence-corrected chi connectivity index (χ1v) is 7.42. The fourth-order valence-corrected chi connectivity index (χ4v) is 3.09. The molecule has 1 aliphatic rings. The minimum absolute atomic E-state index is 0.0709. The maximum atomic E-state index is 13.1. The van der Waals surface area contributed by atoms with Crippen molar-refractivity contribution in [3.8, 4) is 16.9 Å². The molecule has 2 aromatic rings. The summed E-state index contributed by atoms with van der Waals surface area (Å²) in [5, 5.41) is 10.3. The molecule has 0 amide bonds. The number of rotatable bonds is 3. The smallest absolute Gasteiger partial charge is 0.342 e. The third-order valence-electron chi connectivity index (χ3n) is 4.02. The quantitative estimate of drug-likeness (QED) is 0.875. The van der Waals surface area contributed by atoms with Crippen LogP contribution in [-0.4, -0.2) is 17.7 Å². The van der Waals surface area contributed by atoms with Crippen LogP contribution in [0, 0.1) is 5.82 Å². The number of hydrogen-bond acceptors (Lipinski definition) is 3. The predicted octanol–water partition coefficient (Wildman–Crippen LogP) is 3.86. The molecule has 0 saturated heterocycles. The molecule has 3 rings (SSSR count). The van der Waals surface area contributed by atoms with E-state index >= 15 is 0 Å². The van der Waals surface area contributed by atoms with E-state index in [0.29, 0.717) is 0 Å². The summed E-state index contributed by atoms with van der Waals surface area (Å²) in [4.78, 5) is 12.1. The van der Waals surface area contributed by atoms with E-state index in [-0.39, 0.29) is 23.7 Å². The second kappa shape index (κ2) is 5.79. The second-order valence-electron chi connectivity index (χ2n) is 5.36. The van der Waals surface area contributed by atoms with Crippen LogP contribution < -0.4 is 0 Å². The topological polar surface area (TPSA) is 46.5 Å². The van der Waals surface area contributed by atoms with Crippen LogP contribution in [0.1, 0.15) is 34.8 Å². The number of ether oxygens (including phenoxy) is 1. The molecule has 4 heteroatoms. The average molecular weight is 300 g/mol. The maximum Gasteiger partial charge on any atom is 0.342 e. The Labute approximate surface area is 128 Å². The normalized spacial score (nSPS) is 13.0. The van der Waals surface area contributed by atoms with Crippen LogP contribution in [-0.2, 0) is 17.6 Å². The maximum absolute atomic E-state index is 13.1. The number of hydrogen-bond donors (Lipinski definition) is 1. The highest BCUT2D eigenvalue weighted by molar-refractivity contribution is 5.96. The first kappa shape index (κ1) is 14.6. The van der Waals surface area contributed by atoms with Gasteiger partial charge in [-0.2, -0.15) is 0 Å². The van der Waals surface area contributed by atoms with E-state index in [2.05, 4.69) is 0 Å². The van der Waals surface area contributed by atoms with E-state index in [1.54, 1.807) is 25.1 Å². The Morgan fingerprint density at radius 2 is 1.91 bits per heavy atom. The van der Waals surface area contributed by atoms with Crippen LogP contribution >= 0.6 is 0 Å². The highest BCUT2D eigenvalue weighted by atomic mass is 19.1. The molecule has 0 fully saturated rings. The van der Waals surface area contributed by atoms with Gasteiger partial charge in [-0.15, -0.1) is 0 Å². The van der Waals surface area contributed by atoms with Gasteiger partial charge >= 0.3 is 5.97 Å². The van der Waals surface area contributed by atoms with Gasteiger partial charge in [-0.25, -0.2) is 9.18 Å². The molecule has 0 heterocycles. The van der Waals surface area contributed by atoms with Crippen molar-refractivity contribution in [2.45, 2.75) is 26.2 Å². The molecule has 1 N–H and O–H groups in total. The number of carbonyl (C=O) groups excluding carboxylic acids is 1. The van der Waals surface area contributed by atoms with Crippen LogP contribution in [0.25, 0.3) is 11.1 Å². The molecule has 22 heavy (non-hydrogen) atoms. The number of aromatic hydroxyl groups is 1. The molecule has 0 saturated carbocycles. The van der Waals surface area contributed by atoms with Gasteiger partial charge in [-0.1, -0.05) is 12.1 Å². The van der Waals surface area contributed by atoms with Gasteiger partial charge in [0.2, 0.25) is 0 Å². The fraction of sp³-hybridized carbons (Fsp3) is 0.278. The Morgan fingerprint density at radius 1 is 1.23 bits per heavy atom. The molecule has 0 bridgehead atoms. The van der Waals surface area contributed by atoms with Crippen molar-refractivity contribution < 1.29 is 19.0 Å². The summed E-state index contributed by atoms with van der Waals surface area (Å²) in [6.45, 7) is 2.01. The predicted molar refractivity (Wildman–Crippen MR) is 81.5 cm³/mol. The number of fused-ring (bicyclic) bond motifs is 1. The second-order valence-corrected chi connectivity index (χ2v) is 5.36. The Kier molecular flexibility index (Phi) is 3.84. The standard InChI is InChI=1S/C18H17FO3/c1-2-22-18(21)17-14-5-3-4-13(14)15(10-16(17)20)11-6-8-12(19)9-7-11/h6-10,20H,2-5H2,1H3. The summed E-state index contributed by atoms with van der Waals surface area (Å²) in [5.41, 5.74) is 3.88. The van der Waals surface area contributed by atoms with Crippen LogP contribution in [0.5, 0.6) is 5.75 Å². The van der Waals surface area contributed by atoms with Crippen molar-refractivity contribution in [3.63, 3.8) is 0 Å². The molecule has 0 aliphatic heterocycles. The lowest BCUT2D eigenvalue weighted by atomic mass is 9.92. The van der Waals surface area contributed by atoms with Crippen LogP contribution in [0.4, 0.5) is 4.39 Å². The molecule has 0 unspecified atom stereocenters. The number of benzene rings is 2. The van der Waals surface area contributed by atoms with Crippen molar-refractivity contribution in [2.75, 3.05) is 6.61 Å². The average Bonchev–Trinajstić information content (AvgIpc) is 2.96. The van der Waals surface area contributed by atoms with Gasteiger partial charge in [0.15, 0.2) is 0 Å². The van der Waals surface area contributed by atoms with Crippen molar-refractivity contribution in [1.82, 2.24) is 0 Å². The zero-order chi connectivity index (χ0) is 15.7. The molecule has 3 nitrogen and oxygen atoms in total. The van der Waals surface area contributed by atoms with Gasteiger partial charge in [0.1, 0.15) is 17.1 Å². The Morgan fingerprint density at radius 3 is 2.59 bits per heavy atom. The van der Waals surface area contributed by atoms with Gasteiger partial charge < -0.3 is 9.84 Å². The first-order valence-electron chi connectivity index (χ1n) is 7.42. The number of esters is 1. The number of halogens is 1. The molecule has 114 valence electrons. The van der Waals surface area contributed by atoms with Crippen molar-refractivity contribution >= 4 is 5.97 Å². The van der Waals surface area contributed by atoms with E-state index < -0.39 is 5.97 Å². The monoisotopic (exact) mass is 300 g/mol. The van der Waals surface area contributed by atoms with E-state index in [1.165, 1.54) is 12.1 Å². The summed E-state index contributed by atoms with van der Waals surface area (Å²) in [5.74, 6) is -0.852. The molecule has 0 atom stereocenters. The van der Waals surface area contributed by atoms with E-state index in [9.17, 15) is 14.3 Å². The Balaban J connectivity index is 2.15. The van der Waals surface area contributed by atoms with Gasteiger partial charge in [0.05, 0.1) is 6.61 Å². The summed E-state index contributed by atoms with van der Waals surface area (Å²) in [6.07, 6.45) is 2.51. The minimum atomic E-state index is -0.483. The van der Waals surface area contributed by atoms with E-state index in [1.807, 2.05) is 0 Å². The highest BCUT2D eigenvalue weighted by Gasteiger charge is 2.27. The Hall–Kier alpha value is -2.36. The SMILES string of the molecule is CCOC(=O)c1c(O)cc(-c2ccc(F)cc2)c2c1CCC2. The number of phenolic OH excluding ortho intramolecular Hbond substituents is 1. The highest BCUT2D eigenvalue weighted by Crippen LogP contribution is 2.39. The van der Waals surface area contributed by atoms with Crippen molar-refractivity contribution in [1.29, 1.82) is 0 Å². The van der Waals surface area contributed by atoms with E-state index in [4.69, 9.17) is 4.74 Å². The summed E-state index contributed by atoms with van der Waals surface area (Å²) >= 11 is 0. The van der Waals surface area contributed by atoms with Crippen LogP contribution in [0.3, 0.4) is 0 Å². The van der Waals surface area contributed by atoms with Crippen LogP contribution in [0.15, 0.2) is 30.3 Å². The number of phenols is 1. The zero-order valence-corrected chi connectivity index (χ0v) is 12.4. The van der Waals surface area contributed by atoms with Gasteiger partial charge in [0, 0.05) is 0 Å². The lowest BCUT2D eigenvalue weighted by Gasteiger charge is -2.15. The molecule has 2 aromatic carbocycles. The molecule has 1 aliphatic carbocycles. The molecular formula is C18H17FO3. The fourth-order valence-electron chi connectivity index (χ4n) is 3.09. The zero-order valence-electron chi connectivity index (χ0n) is 12.4. The number of carbonyl (C=O) groups is 1. The lowest BCUT2D eigenvalue weighted by Crippen LogP contribution is -2.09. The molecular weight excluding hydrogens is 283 g/mol. The van der Waals surface area contributed by atoms with Crippen molar-refractivity contribution in [2.24, 2.45) is 0 Å². The van der Waals surface area contributed by atoms with Crippen molar-refractivity contribution in [3.05, 3.63) is 52.8 Å². The largest absolute Gasteiger partial charge is 0.507 e. The summed E-state index contributed by atoms with van der Waals surface area (Å²) < 4.78 is 18.1. The van der Waals surface area contributed by atoms with Gasteiger partial charge in [-0.3, -0.25) is 0 Å². The van der Waals surface area contributed by atoms with Gasteiger partial charge in [-0.05, 0) is 66.6 Å². The van der Waals surface area contributed by atoms with Crippen LogP contribution in [0.2, 0.25) is 0 Å². The summed E-state index contributed by atoms with van der Waals surface area (Å²) in [7, 11) is 0. The molecule has 0 spiro atoms. The third kappa shape index (κ3) is 2.45. The molecule has 0 aromatic heterocycles. The first-order chi connectivity index (χ1) is 10.6.